The van der Waals surface area contributed by atoms with Crippen LogP contribution in [-0.2, 0) is 52.3 Å². The molecular weight excluding hydrogens is 835 g/mol. The molecule has 11 heteroatoms. The van der Waals surface area contributed by atoms with E-state index in [1.54, 1.807) is 18.7 Å². The van der Waals surface area contributed by atoms with E-state index >= 15 is 0 Å². The largest absolute Gasteiger partial charge is 0.466 e. The molecule has 0 fully saturated rings. The van der Waals surface area contributed by atoms with Gasteiger partial charge in [0, 0.05) is 59.6 Å². The fourth-order valence-corrected chi connectivity index (χ4v) is 8.87. The SMILES string of the molecule is CCOC(=O)CCN1C=C(C(C)C)[C@](C)(c2ccc(CCC(C)(C)C)c(Cl)c2)CC1=O.CCOC(=O)CCNC(=O)C[C@@](C)(c1ccc(CCC(C)(C)C)c(Cl)c1)C(CO)C(C)C. The topological polar surface area (TPSA) is 122 Å². The van der Waals surface area contributed by atoms with Crippen molar-refractivity contribution in [3.63, 3.8) is 0 Å². The Morgan fingerprint density at radius 3 is 1.81 bits per heavy atom. The van der Waals surface area contributed by atoms with Gasteiger partial charge in [-0.15, -0.1) is 0 Å². The number of aliphatic hydroxyl groups is 1. The summed E-state index contributed by atoms with van der Waals surface area (Å²) >= 11 is 13.3. The molecule has 2 N–H and O–H groups in total. The van der Waals surface area contributed by atoms with Crippen molar-refractivity contribution in [3.05, 3.63) is 80.5 Å². The van der Waals surface area contributed by atoms with Gasteiger partial charge in [-0.3, -0.25) is 19.2 Å². The summed E-state index contributed by atoms with van der Waals surface area (Å²) in [5.74, 6) is -0.466. The summed E-state index contributed by atoms with van der Waals surface area (Å²) in [4.78, 5) is 50.7. The second-order valence-corrected chi connectivity index (χ2v) is 21.5. The molecule has 9 nitrogen and oxygen atoms in total. The van der Waals surface area contributed by atoms with Crippen LogP contribution < -0.4 is 5.32 Å². The molecule has 0 aliphatic carbocycles. The number of carbonyl (C=O) groups is 4. The Balaban J connectivity index is 0.000000434. The van der Waals surface area contributed by atoms with Gasteiger partial charge >= 0.3 is 11.9 Å². The van der Waals surface area contributed by atoms with Gasteiger partial charge in [0.05, 0.1) is 26.1 Å². The highest BCUT2D eigenvalue weighted by molar-refractivity contribution is 6.31. The molecule has 0 radical (unpaired) electrons. The van der Waals surface area contributed by atoms with Crippen LogP contribution in [0.1, 0.15) is 158 Å². The van der Waals surface area contributed by atoms with E-state index in [1.807, 2.05) is 31.3 Å². The average Bonchev–Trinajstić information content (AvgIpc) is 3.16. The van der Waals surface area contributed by atoms with Crippen LogP contribution in [0.2, 0.25) is 10.0 Å². The van der Waals surface area contributed by atoms with Crippen molar-refractivity contribution < 1.29 is 33.8 Å². The molecule has 2 aromatic rings. The number of rotatable bonds is 20. The molecule has 1 aliphatic rings. The molecule has 354 valence electrons. The van der Waals surface area contributed by atoms with Gasteiger partial charge in [0.1, 0.15) is 0 Å². The average molecular weight is 916 g/mol. The summed E-state index contributed by atoms with van der Waals surface area (Å²) in [5.41, 5.74) is 4.87. The van der Waals surface area contributed by atoms with Gasteiger partial charge in [0.25, 0.3) is 0 Å². The van der Waals surface area contributed by atoms with Crippen LogP contribution in [0, 0.1) is 28.6 Å². The number of halogens is 2. The predicted molar refractivity (Wildman–Crippen MR) is 258 cm³/mol. The quantitative estimate of drug-likeness (QED) is 0.127. The van der Waals surface area contributed by atoms with Crippen LogP contribution in [0.25, 0.3) is 0 Å². The number of benzene rings is 2. The highest BCUT2D eigenvalue weighted by Gasteiger charge is 2.41. The van der Waals surface area contributed by atoms with Gasteiger partial charge < -0.3 is 24.8 Å². The first-order chi connectivity index (χ1) is 29.2. The van der Waals surface area contributed by atoms with Crippen LogP contribution >= 0.6 is 23.2 Å². The number of aliphatic hydroxyl groups excluding tert-OH is 1. The van der Waals surface area contributed by atoms with Crippen LogP contribution in [0.4, 0.5) is 0 Å². The first-order valence-corrected chi connectivity index (χ1v) is 23.7. The highest BCUT2D eigenvalue weighted by atomic mass is 35.5. The van der Waals surface area contributed by atoms with E-state index in [2.05, 4.69) is 99.7 Å². The number of ether oxygens (including phenoxy) is 2. The van der Waals surface area contributed by atoms with Crippen molar-refractivity contribution >= 4 is 47.0 Å². The highest BCUT2D eigenvalue weighted by Crippen LogP contribution is 2.44. The maximum Gasteiger partial charge on any atom is 0.307 e. The van der Waals surface area contributed by atoms with E-state index in [-0.39, 0.29) is 84.8 Å². The Kier molecular flexibility index (Phi) is 21.9. The van der Waals surface area contributed by atoms with Gasteiger partial charge in [-0.05, 0) is 108 Å². The lowest BCUT2D eigenvalue weighted by molar-refractivity contribution is -0.144. The number of nitrogens with zero attached hydrogens (tertiary/aromatic N) is 1. The van der Waals surface area contributed by atoms with Crippen molar-refractivity contribution in [2.75, 3.05) is 32.9 Å². The summed E-state index contributed by atoms with van der Waals surface area (Å²) in [5, 5.41) is 14.5. The smallest absolute Gasteiger partial charge is 0.307 e. The van der Waals surface area contributed by atoms with Gasteiger partial charge in [-0.25, -0.2) is 0 Å². The Morgan fingerprint density at radius 1 is 0.825 bits per heavy atom. The maximum atomic E-state index is 13.0. The predicted octanol–water partition coefficient (Wildman–Crippen LogP) is 11.6. The zero-order valence-corrected chi connectivity index (χ0v) is 42.6. The molecule has 3 rings (SSSR count). The molecule has 3 atom stereocenters. The summed E-state index contributed by atoms with van der Waals surface area (Å²) in [6, 6.07) is 12.3. The monoisotopic (exact) mass is 915 g/mol. The number of amides is 2. The maximum absolute atomic E-state index is 13.0. The van der Waals surface area contributed by atoms with E-state index in [1.165, 1.54) is 5.57 Å². The molecule has 0 bridgehead atoms. The minimum Gasteiger partial charge on any atom is -0.466 e. The molecule has 1 unspecified atom stereocenters. The van der Waals surface area contributed by atoms with Gasteiger partial charge in [-0.2, -0.15) is 0 Å². The van der Waals surface area contributed by atoms with Gasteiger partial charge in [-0.1, -0.05) is 131 Å². The Bertz CT molecular complexity index is 1860. The number of esters is 2. The minimum atomic E-state index is -0.608. The first kappa shape index (κ1) is 55.7. The second kappa shape index (κ2) is 24.8. The van der Waals surface area contributed by atoms with Crippen molar-refractivity contribution in [2.24, 2.45) is 28.6 Å². The lowest BCUT2D eigenvalue weighted by atomic mass is 9.65. The summed E-state index contributed by atoms with van der Waals surface area (Å²) in [6.07, 6.45) is 6.75. The van der Waals surface area contributed by atoms with Crippen molar-refractivity contribution in [1.29, 1.82) is 0 Å². The van der Waals surface area contributed by atoms with Gasteiger partial charge in [0.15, 0.2) is 0 Å². The molecule has 63 heavy (non-hydrogen) atoms. The van der Waals surface area contributed by atoms with E-state index < -0.39 is 10.8 Å². The third-order valence-corrected chi connectivity index (χ3v) is 12.9. The van der Waals surface area contributed by atoms with E-state index in [0.29, 0.717) is 31.2 Å². The number of carbonyl (C=O) groups excluding carboxylic acids is 4. The lowest BCUT2D eigenvalue weighted by Crippen LogP contribution is -2.42. The second-order valence-electron chi connectivity index (χ2n) is 20.7. The fourth-order valence-electron chi connectivity index (χ4n) is 8.32. The van der Waals surface area contributed by atoms with Crippen LogP contribution in [-0.4, -0.2) is 66.7 Å². The lowest BCUT2D eigenvalue weighted by Gasteiger charge is -2.41. The minimum absolute atomic E-state index is 0.0177. The van der Waals surface area contributed by atoms with E-state index in [9.17, 15) is 24.3 Å². The molecule has 2 amide bonds. The van der Waals surface area contributed by atoms with E-state index in [0.717, 1.165) is 53.0 Å². The molecule has 0 spiro atoms. The molecule has 0 saturated carbocycles. The van der Waals surface area contributed by atoms with Crippen LogP contribution in [0.5, 0.6) is 0 Å². The van der Waals surface area contributed by atoms with Crippen molar-refractivity contribution in [2.45, 2.75) is 159 Å². The van der Waals surface area contributed by atoms with Gasteiger partial charge in [0.2, 0.25) is 11.8 Å². The third kappa shape index (κ3) is 17.5. The van der Waals surface area contributed by atoms with Crippen molar-refractivity contribution in [3.8, 4) is 0 Å². The summed E-state index contributed by atoms with van der Waals surface area (Å²) < 4.78 is 9.91. The third-order valence-electron chi connectivity index (χ3n) is 12.2. The van der Waals surface area contributed by atoms with Crippen LogP contribution in [0.3, 0.4) is 0 Å². The summed E-state index contributed by atoms with van der Waals surface area (Å²) in [7, 11) is 0. The molecule has 1 aliphatic heterocycles. The zero-order valence-electron chi connectivity index (χ0n) is 41.1. The number of nitrogens with one attached hydrogen (secondary N) is 1. The molecule has 2 aromatic carbocycles. The van der Waals surface area contributed by atoms with Crippen molar-refractivity contribution in [1.82, 2.24) is 10.2 Å². The zero-order chi connectivity index (χ0) is 47.9. The Morgan fingerprint density at radius 2 is 1.35 bits per heavy atom. The normalized spacial score (nSPS) is 17.1. The number of aryl methyl sites for hydroxylation is 2. The van der Waals surface area contributed by atoms with Crippen LogP contribution in [0.15, 0.2) is 48.2 Å². The fraction of sp³-hybridized carbons (Fsp3) is 0.654. The molecular formula is C52H80Cl2N2O7. The molecule has 0 aromatic heterocycles. The number of hydrogen-bond donors (Lipinski definition) is 2. The number of allylic oxidation sites excluding steroid dienone is 1. The Labute approximate surface area is 390 Å². The molecule has 0 saturated heterocycles. The standard InChI is InChI=1S/C26H42ClNO4.C26H38ClNO3/c1-8-32-24(31)12-14-28-23(30)16-26(7,21(17-29)18(2)3)20-10-9-19(22(27)15-20)11-13-25(4,5)6;1-8-31-24(30)12-14-28-17-21(18(2)3)26(7,16-23(28)29)20-10-9-19(22(27)15-20)11-13-25(4,5)6/h9-10,15,18,21,29H,8,11-14,16-17H2,1-7H3,(H,28,30);9-10,15,17-18H,8,11-14,16H2,1-7H3/t21?,26-;26-/m00/s1. The Hall–Kier alpha value is -3.40. The van der Waals surface area contributed by atoms with E-state index in [4.69, 9.17) is 32.7 Å². The number of hydrogen-bond acceptors (Lipinski definition) is 7. The molecule has 1 heterocycles. The summed E-state index contributed by atoms with van der Waals surface area (Å²) in [6.45, 7) is 30.6. The first-order valence-electron chi connectivity index (χ1n) is 23.0.